The second-order valence-corrected chi connectivity index (χ2v) is 4.42. The Morgan fingerprint density at radius 1 is 1.24 bits per heavy atom. The number of carbonyl (C=O) groups excluding carboxylic acids is 2. The SMILES string of the molecule is CC(C)CN1C(=O)C(=O)c2cc(F)cc(F)c21. The van der Waals surface area contributed by atoms with Crippen LogP contribution in [0.15, 0.2) is 12.1 Å². The number of anilines is 1. The lowest BCUT2D eigenvalue weighted by Gasteiger charge is -2.19. The molecule has 0 fully saturated rings. The summed E-state index contributed by atoms with van der Waals surface area (Å²) < 4.78 is 26.6. The van der Waals surface area contributed by atoms with Crippen LogP contribution >= 0.6 is 0 Å². The summed E-state index contributed by atoms with van der Waals surface area (Å²) in [4.78, 5) is 24.3. The highest BCUT2D eigenvalue weighted by Crippen LogP contribution is 2.33. The van der Waals surface area contributed by atoms with E-state index in [1.807, 2.05) is 13.8 Å². The van der Waals surface area contributed by atoms with E-state index in [9.17, 15) is 18.4 Å². The summed E-state index contributed by atoms with van der Waals surface area (Å²) in [5, 5.41) is 0. The third-order valence-corrected chi connectivity index (χ3v) is 2.53. The summed E-state index contributed by atoms with van der Waals surface area (Å²) in [6.07, 6.45) is 0. The van der Waals surface area contributed by atoms with Crippen LogP contribution in [0.3, 0.4) is 0 Å². The number of benzene rings is 1. The van der Waals surface area contributed by atoms with Crippen LogP contribution < -0.4 is 4.90 Å². The molecule has 0 bridgehead atoms. The van der Waals surface area contributed by atoms with E-state index in [0.717, 1.165) is 11.0 Å². The predicted molar refractivity (Wildman–Crippen MR) is 57.9 cm³/mol. The van der Waals surface area contributed by atoms with Crippen molar-refractivity contribution in [1.82, 2.24) is 0 Å². The number of carbonyl (C=O) groups is 2. The fraction of sp³-hybridized carbons (Fsp3) is 0.333. The van der Waals surface area contributed by atoms with Crippen molar-refractivity contribution in [2.75, 3.05) is 11.4 Å². The molecule has 17 heavy (non-hydrogen) atoms. The zero-order valence-corrected chi connectivity index (χ0v) is 9.46. The summed E-state index contributed by atoms with van der Waals surface area (Å²) in [5.74, 6) is -3.28. The van der Waals surface area contributed by atoms with Gasteiger partial charge in [0.2, 0.25) is 0 Å². The fourth-order valence-electron chi connectivity index (χ4n) is 1.89. The molecule has 90 valence electrons. The molecular formula is C12H11F2NO2. The van der Waals surface area contributed by atoms with E-state index in [2.05, 4.69) is 0 Å². The van der Waals surface area contributed by atoms with Crippen molar-refractivity contribution in [3.63, 3.8) is 0 Å². The van der Waals surface area contributed by atoms with E-state index in [4.69, 9.17) is 0 Å². The van der Waals surface area contributed by atoms with Gasteiger partial charge >= 0.3 is 0 Å². The van der Waals surface area contributed by atoms with Crippen LogP contribution in [0.5, 0.6) is 0 Å². The van der Waals surface area contributed by atoms with Crippen LogP contribution in [-0.2, 0) is 4.79 Å². The quantitative estimate of drug-likeness (QED) is 0.741. The van der Waals surface area contributed by atoms with Crippen LogP contribution in [0.1, 0.15) is 24.2 Å². The van der Waals surface area contributed by atoms with Gasteiger partial charge in [0, 0.05) is 12.6 Å². The Morgan fingerprint density at radius 3 is 2.47 bits per heavy atom. The molecule has 0 saturated carbocycles. The number of halogens is 2. The van der Waals surface area contributed by atoms with Gasteiger partial charge in [-0.25, -0.2) is 8.78 Å². The number of Topliss-reactive ketones (excluding diaryl/α,β-unsaturated/α-hetero) is 1. The monoisotopic (exact) mass is 239 g/mol. The van der Waals surface area contributed by atoms with Gasteiger partial charge in [-0.3, -0.25) is 9.59 Å². The van der Waals surface area contributed by atoms with E-state index in [-0.39, 0.29) is 23.7 Å². The molecule has 5 heteroatoms. The van der Waals surface area contributed by atoms with Crippen LogP contribution in [0.4, 0.5) is 14.5 Å². The maximum atomic E-state index is 13.6. The van der Waals surface area contributed by atoms with Gasteiger partial charge in [-0.1, -0.05) is 13.8 Å². The van der Waals surface area contributed by atoms with Crippen LogP contribution in [-0.4, -0.2) is 18.2 Å². The minimum atomic E-state index is -0.875. The van der Waals surface area contributed by atoms with Crippen molar-refractivity contribution in [2.45, 2.75) is 13.8 Å². The molecule has 0 unspecified atom stereocenters. The van der Waals surface area contributed by atoms with Crippen molar-refractivity contribution < 1.29 is 18.4 Å². The summed E-state index contributed by atoms with van der Waals surface area (Å²) in [6.45, 7) is 3.93. The average molecular weight is 239 g/mol. The molecule has 1 aromatic carbocycles. The Balaban J connectivity index is 2.56. The standard InChI is InChI=1S/C12H11F2NO2/c1-6(2)5-15-10-8(11(16)12(15)17)3-7(13)4-9(10)14/h3-4,6H,5H2,1-2H3. The van der Waals surface area contributed by atoms with Crippen LogP contribution in [0, 0.1) is 17.6 Å². The van der Waals surface area contributed by atoms with E-state index >= 15 is 0 Å². The van der Waals surface area contributed by atoms with E-state index in [1.54, 1.807) is 0 Å². The molecule has 0 radical (unpaired) electrons. The van der Waals surface area contributed by atoms with Gasteiger partial charge in [-0.2, -0.15) is 0 Å². The normalized spacial score (nSPS) is 14.8. The highest BCUT2D eigenvalue weighted by molar-refractivity contribution is 6.52. The van der Waals surface area contributed by atoms with Crippen molar-refractivity contribution >= 4 is 17.4 Å². The first-order valence-electron chi connectivity index (χ1n) is 5.27. The molecule has 0 atom stereocenters. The van der Waals surface area contributed by atoms with Gasteiger partial charge in [0.05, 0.1) is 11.3 Å². The summed E-state index contributed by atoms with van der Waals surface area (Å²) in [5.41, 5.74) is -0.289. The molecule has 1 heterocycles. The minimum Gasteiger partial charge on any atom is -0.302 e. The largest absolute Gasteiger partial charge is 0.302 e. The number of fused-ring (bicyclic) bond motifs is 1. The molecule has 1 aliphatic rings. The lowest BCUT2D eigenvalue weighted by Crippen LogP contribution is -2.33. The first-order valence-corrected chi connectivity index (χ1v) is 5.27. The second-order valence-electron chi connectivity index (χ2n) is 4.42. The molecule has 3 nitrogen and oxygen atoms in total. The number of hydrogen-bond acceptors (Lipinski definition) is 2. The zero-order chi connectivity index (χ0) is 12.7. The number of ketones is 1. The molecular weight excluding hydrogens is 228 g/mol. The molecule has 1 aliphatic heterocycles. The molecule has 0 spiro atoms. The second kappa shape index (κ2) is 3.91. The molecule has 1 amide bonds. The van der Waals surface area contributed by atoms with Gasteiger partial charge in [-0.05, 0) is 12.0 Å². The summed E-state index contributed by atoms with van der Waals surface area (Å²) in [6, 6.07) is 1.58. The lowest BCUT2D eigenvalue weighted by molar-refractivity contribution is -0.114. The predicted octanol–water partition coefficient (Wildman–Crippen LogP) is 2.15. The highest BCUT2D eigenvalue weighted by atomic mass is 19.1. The van der Waals surface area contributed by atoms with Gasteiger partial charge in [-0.15, -0.1) is 0 Å². The molecule has 0 N–H and O–H groups in total. The van der Waals surface area contributed by atoms with Gasteiger partial charge in [0.1, 0.15) is 5.82 Å². The van der Waals surface area contributed by atoms with Crippen LogP contribution in [0.2, 0.25) is 0 Å². The Kier molecular flexibility index (Phi) is 2.69. The van der Waals surface area contributed by atoms with Gasteiger partial charge in [0.25, 0.3) is 11.7 Å². The van der Waals surface area contributed by atoms with E-state index < -0.39 is 23.3 Å². The summed E-state index contributed by atoms with van der Waals surface area (Å²) in [7, 11) is 0. The molecule has 0 aliphatic carbocycles. The fourth-order valence-corrected chi connectivity index (χ4v) is 1.89. The molecule has 0 aromatic heterocycles. The Hall–Kier alpha value is -1.78. The lowest BCUT2D eigenvalue weighted by atomic mass is 10.1. The molecule has 0 saturated heterocycles. The van der Waals surface area contributed by atoms with Crippen molar-refractivity contribution in [2.24, 2.45) is 5.92 Å². The topological polar surface area (TPSA) is 37.4 Å². The van der Waals surface area contributed by atoms with Crippen molar-refractivity contribution in [3.05, 3.63) is 29.3 Å². The third-order valence-electron chi connectivity index (χ3n) is 2.53. The molecule has 2 rings (SSSR count). The smallest absolute Gasteiger partial charge is 0.299 e. The Labute approximate surface area is 97.0 Å². The van der Waals surface area contributed by atoms with E-state index in [0.29, 0.717) is 6.07 Å². The maximum Gasteiger partial charge on any atom is 0.299 e. The zero-order valence-electron chi connectivity index (χ0n) is 9.46. The maximum absolute atomic E-state index is 13.6. The molecule has 1 aromatic rings. The Morgan fingerprint density at radius 2 is 1.88 bits per heavy atom. The van der Waals surface area contributed by atoms with Gasteiger partial charge < -0.3 is 4.90 Å². The summed E-state index contributed by atoms with van der Waals surface area (Å²) >= 11 is 0. The number of hydrogen-bond donors (Lipinski definition) is 0. The van der Waals surface area contributed by atoms with Crippen molar-refractivity contribution in [3.8, 4) is 0 Å². The third kappa shape index (κ3) is 1.81. The van der Waals surface area contributed by atoms with E-state index in [1.165, 1.54) is 0 Å². The minimum absolute atomic E-state index is 0.0853. The first kappa shape index (κ1) is 11.7. The van der Waals surface area contributed by atoms with Crippen molar-refractivity contribution in [1.29, 1.82) is 0 Å². The number of nitrogens with zero attached hydrogens (tertiary/aromatic N) is 1. The first-order chi connectivity index (χ1) is 7.91. The van der Waals surface area contributed by atoms with Crippen LogP contribution in [0.25, 0.3) is 0 Å². The Bertz CT molecular complexity index is 511. The average Bonchev–Trinajstić information content (AvgIpc) is 2.43. The number of amides is 1. The van der Waals surface area contributed by atoms with Gasteiger partial charge in [0.15, 0.2) is 5.82 Å². The highest BCUT2D eigenvalue weighted by Gasteiger charge is 2.38. The number of rotatable bonds is 2.